The van der Waals surface area contributed by atoms with Crippen LogP contribution in [0.1, 0.15) is 15.2 Å². The molecule has 1 aromatic heterocycles. The number of hydrogen-bond donors (Lipinski definition) is 1. The highest BCUT2D eigenvalue weighted by atomic mass is 32.1. The third-order valence-electron chi connectivity index (χ3n) is 3.82. The van der Waals surface area contributed by atoms with Gasteiger partial charge in [-0.2, -0.15) is 0 Å². The molecule has 8 heteroatoms. The molecule has 0 aliphatic rings. The van der Waals surface area contributed by atoms with Gasteiger partial charge in [0, 0.05) is 22.1 Å². The standard InChI is InChI=1S/C19H16F2N2O3S/c1-10-17(11-4-5-15(20)16(21)8-11)22-19(27-10)23-18(24)12-6-13(25-2)9-14(7-12)26-3/h4-9H,1-3H3,(H,22,23,24). The molecule has 27 heavy (non-hydrogen) atoms. The third kappa shape index (κ3) is 4.06. The maximum Gasteiger partial charge on any atom is 0.257 e. The monoisotopic (exact) mass is 390 g/mol. The Bertz CT molecular complexity index is 982. The number of aryl methyl sites for hydroxylation is 1. The summed E-state index contributed by atoms with van der Waals surface area (Å²) in [6.07, 6.45) is 0. The van der Waals surface area contributed by atoms with Crippen molar-refractivity contribution >= 4 is 22.4 Å². The number of amides is 1. The zero-order chi connectivity index (χ0) is 19.6. The Morgan fingerprint density at radius 2 is 1.70 bits per heavy atom. The van der Waals surface area contributed by atoms with Gasteiger partial charge in [-0.1, -0.05) is 0 Å². The molecule has 3 rings (SSSR count). The van der Waals surface area contributed by atoms with Crippen molar-refractivity contribution in [1.29, 1.82) is 0 Å². The van der Waals surface area contributed by atoms with Crippen LogP contribution in [0.25, 0.3) is 11.3 Å². The smallest absolute Gasteiger partial charge is 0.257 e. The molecule has 5 nitrogen and oxygen atoms in total. The van der Waals surface area contributed by atoms with Gasteiger partial charge in [-0.25, -0.2) is 13.8 Å². The van der Waals surface area contributed by atoms with E-state index < -0.39 is 17.5 Å². The summed E-state index contributed by atoms with van der Waals surface area (Å²) in [6.45, 7) is 1.79. The number of carbonyl (C=O) groups excluding carboxylic acids is 1. The van der Waals surface area contributed by atoms with Crippen LogP contribution in [0.5, 0.6) is 11.5 Å². The van der Waals surface area contributed by atoms with Crippen molar-refractivity contribution in [2.24, 2.45) is 0 Å². The Morgan fingerprint density at radius 3 is 2.30 bits per heavy atom. The summed E-state index contributed by atoms with van der Waals surface area (Å²) < 4.78 is 36.9. The van der Waals surface area contributed by atoms with Gasteiger partial charge in [0.1, 0.15) is 11.5 Å². The van der Waals surface area contributed by atoms with Crippen molar-refractivity contribution in [3.05, 3.63) is 58.5 Å². The Hall–Kier alpha value is -3.00. The van der Waals surface area contributed by atoms with Crippen LogP contribution in [0.2, 0.25) is 0 Å². The zero-order valence-electron chi connectivity index (χ0n) is 14.8. The summed E-state index contributed by atoms with van der Waals surface area (Å²) in [5.74, 6) is -1.30. The van der Waals surface area contributed by atoms with Gasteiger partial charge in [0.25, 0.3) is 5.91 Å². The first-order valence-electron chi connectivity index (χ1n) is 7.88. The second-order valence-corrected chi connectivity index (χ2v) is 6.81. The van der Waals surface area contributed by atoms with E-state index in [0.29, 0.717) is 33.5 Å². The molecule has 1 amide bonds. The fourth-order valence-electron chi connectivity index (χ4n) is 2.47. The molecule has 1 heterocycles. The summed E-state index contributed by atoms with van der Waals surface area (Å²) in [7, 11) is 2.99. The van der Waals surface area contributed by atoms with Crippen molar-refractivity contribution in [3.8, 4) is 22.8 Å². The van der Waals surface area contributed by atoms with Crippen LogP contribution in [0.4, 0.5) is 13.9 Å². The van der Waals surface area contributed by atoms with Crippen LogP contribution in [0, 0.1) is 18.6 Å². The quantitative estimate of drug-likeness (QED) is 0.688. The second kappa shape index (κ2) is 7.71. The van der Waals surface area contributed by atoms with E-state index in [0.717, 1.165) is 17.0 Å². The number of ether oxygens (including phenoxy) is 2. The highest BCUT2D eigenvalue weighted by molar-refractivity contribution is 7.16. The summed E-state index contributed by atoms with van der Waals surface area (Å²) in [5, 5.41) is 3.05. The molecule has 0 radical (unpaired) electrons. The average molecular weight is 390 g/mol. The number of thiazole rings is 1. The Morgan fingerprint density at radius 1 is 1.04 bits per heavy atom. The summed E-state index contributed by atoms with van der Waals surface area (Å²) in [5.41, 5.74) is 1.26. The molecule has 0 fully saturated rings. The molecule has 0 saturated heterocycles. The zero-order valence-corrected chi connectivity index (χ0v) is 15.6. The van der Waals surface area contributed by atoms with E-state index in [2.05, 4.69) is 10.3 Å². The lowest BCUT2D eigenvalue weighted by atomic mass is 10.1. The lowest BCUT2D eigenvalue weighted by Gasteiger charge is -2.08. The van der Waals surface area contributed by atoms with E-state index in [1.54, 1.807) is 25.1 Å². The first kappa shape index (κ1) is 18.8. The number of benzene rings is 2. The number of aromatic nitrogens is 1. The van der Waals surface area contributed by atoms with E-state index in [4.69, 9.17) is 9.47 Å². The molecule has 0 aliphatic heterocycles. The summed E-state index contributed by atoms with van der Waals surface area (Å²) in [6, 6.07) is 8.38. The SMILES string of the molecule is COc1cc(OC)cc(C(=O)Nc2nc(-c3ccc(F)c(F)c3)c(C)s2)c1. The van der Waals surface area contributed by atoms with Gasteiger partial charge in [0.15, 0.2) is 16.8 Å². The fraction of sp³-hybridized carbons (Fsp3) is 0.158. The topological polar surface area (TPSA) is 60.5 Å². The normalized spacial score (nSPS) is 10.6. The molecule has 1 N–H and O–H groups in total. The van der Waals surface area contributed by atoms with E-state index in [-0.39, 0.29) is 0 Å². The van der Waals surface area contributed by atoms with Crippen molar-refractivity contribution in [1.82, 2.24) is 4.98 Å². The van der Waals surface area contributed by atoms with Gasteiger partial charge in [-0.3, -0.25) is 10.1 Å². The molecule has 3 aromatic rings. The number of nitrogens with one attached hydrogen (secondary N) is 1. The van der Waals surface area contributed by atoms with Gasteiger partial charge in [0.2, 0.25) is 0 Å². The first-order valence-corrected chi connectivity index (χ1v) is 8.70. The van der Waals surface area contributed by atoms with E-state index in [1.807, 2.05) is 0 Å². The van der Waals surface area contributed by atoms with Crippen molar-refractivity contribution < 1.29 is 23.0 Å². The van der Waals surface area contributed by atoms with E-state index in [9.17, 15) is 13.6 Å². The lowest BCUT2D eigenvalue weighted by molar-refractivity contribution is 0.102. The maximum atomic E-state index is 13.5. The van der Waals surface area contributed by atoms with Gasteiger partial charge < -0.3 is 9.47 Å². The van der Waals surface area contributed by atoms with E-state index in [1.165, 1.54) is 31.6 Å². The fourth-order valence-corrected chi connectivity index (χ4v) is 3.30. The van der Waals surface area contributed by atoms with Gasteiger partial charge in [-0.05, 0) is 37.3 Å². The maximum absolute atomic E-state index is 13.5. The van der Waals surface area contributed by atoms with Crippen LogP contribution in [-0.2, 0) is 0 Å². The van der Waals surface area contributed by atoms with Crippen LogP contribution >= 0.6 is 11.3 Å². The minimum absolute atomic E-state index is 0.341. The number of nitrogens with zero attached hydrogens (tertiary/aromatic N) is 1. The summed E-state index contributed by atoms with van der Waals surface area (Å²) >= 11 is 1.24. The van der Waals surface area contributed by atoms with Crippen molar-refractivity contribution in [2.45, 2.75) is 6.92 Å². The number of anilines is 1. The number of carbonyl (C=O) groups is 1. The van der Waals surface area contributed by atoms with Gasteiger partial charge in [0.05, 0.1) is 19.9 Å². The molecule has 0 unspecified atom stereocenters. The van der Waals surface area contributed by atoms with Crippen molar-refractivity contribution in [2.75, 3.05) is 19.5 Å². The minimum atomic E-state index is -0.950. The highest BCUT2D eigenvalue weighted by Gasteiger charge is 2.16. The Labute approximate surface area is 158 Å². The van der Waals surface area contributed by atoms with Gasteiger partial charge >= 0.3 is 0 Å². The first-order chi connectivity index (χ1) is 12.9. The van der Waals surface area contributed by atoms with Crippen LogP contribution in [0.3, 0.4) is 0 Å². The molecule has 0 spiro atoms. The summed E-state index contributed by atoms with van der Waals surface area (Å²) in [4.78, 5) is 17.6. The molecule has 0 bridgehead atoms. The molecule has 140 valence electrons. The van der Waals surface area contributed by atoms with E-state index >= 15 is 0 Å². The number of rotatable bonds is 5. The van der Waals surface area contributed by atoms with Crippen LogP contribution in [0.15, 0.2) is 36.4 Å². The van der Waals surface area contributed by atoms with Crippen molar-refractivity contribution in [3.63, 3.8) is 0 Å². The largest absolute Gasteiger partial charge is 0.497 e. The molecular formula is C19H16F2N2O3S. The number of methoxy groups -OCH3 is 2. The molecule has 2 aromatic carbocycles. The lowest BCUT2D eigenvalue weighted by Crippen LogP contribution is -2.12. The Balaban J connectivity index is 1.86. The predicted octanol–water partition coefficient (Wildman–Crippen LogP) is 4.67. The van der Waals surface area contributed by atoms with Crippen LogP contribution in [-0.4, -0.2) is 25.1 Å². The highest BCUT2D eigenvalue weighted by Crippen LogP contribution is 2.31. The molecule has 0 atom stereocenters. The molecular weight excluding hydrogens is 374 g/mol. The number of hydrogen-bond acceptors (Lipinski definition) is 5. The minimum Gasteiger partial charge on any atom is -0.497 e. The number of halogens is 2. The molecule has 0 aliphatic carbocycles. The van der Waals surface area contributed by atoms with Gasteiger partial charge in [-0.15, -0.1) is 11.3 Å². The third-order valence-corrected chi connectivity index (χ3v) is 4.71. The Kier molecular flexibility index (Phi) is 5.36. The average Bonchev–Trinajstić information content (AvgIpc) is 3.03. The molecule has 0 saturated carbocycles. The van der Waals surface area contributed by atoms with Crippen LogP contribution < -0.4 is 14.8 Å². The second-order valence-electron chi connectivity index (χ2n) is 5.61. The predicted molar refractivity (Wildman–Crippen MR) is 99.7 cm³/mol.